The topological polar surface area (TPSA) is 61.6 Å². The van der Waals surface area contributed by atoms with Crippen molar-refractivity contribution < 1.29 is 9.21 Å². The molecule has 0 spiro atoms. The van der Waals surface area contributed by atoms with Crippen LogP contribution in [0, 0.1) is 0 Å². The van der Waals surface area contributed by atoms with E-state index >= 15 is 0 Å². The molecule has 0 saturated carbocycles. The van der Waals surface area contributed by atoms with Gasteiger partial charge in [0.1, 0.15) is 5.52 Å². The summed E-state index contributed by atoms with van der Waals surface area (Å²) in [5.41, 5.74) is 1.65. The maximum absolute atomic E-state index is 12.6. The molecule has 3 aliphatic rings. The molecule has 150 valence electrons. The number of likely N-dealkylation sites (tertiary alicyclic amines) is 1. The quantitative estimate of drug-likeness (QED) is 0.823. The van der Waals surface area contributed by atoms with Gasteiger partial charge >= 0.3 is 0 Å². The molecule has 4 heterocycles. The van der Waals surface area contributed by atoms with E-state index in [9.17, 15) is 4.79 Å². The van der Waals surface area contributed by atoms with Crippen LogP contribution in [0.2, 0.25) is 5.02 Å². The number of carbonyl (C=O) groups excluding carboxylic acids is 1. The molecule has 1 aromatic carbocycles. The Hall–Kier alpha value is -1.28. The van der Waals surface area contributed by atoms with Crippen LogP contribution in [0.4, 0.5) is 0 Å². The molecule has 5 rings (SSSR count). The summed E-state index contributed by atoms with van der Waals surface area (Å²) in [5.74, 6) is 3.39. The zero-order chi connectivity index (χ0) is 19.1. The van der Waals surface area contributed by atoms with Gasteiger partial charge in [-0.05, 0) is 50.6 Å². The predicted molar refractivity (Wildman–Crippen MR) is 112 cm³/mol. The summed E-state index contributed by atoms with van der Waals surface area (Å²) < 4.78 is 5.98. The van der Waals surface area contributed by atoms with Crippen LogP contribution in [0.5, 0.6) is 0 Å². The Morgan fingerprint density at radius 1 is 1.29 bits per heavy atom. The largest absolute Gasteiger partial charge is 0.440 e. The van der Waals surface area contributed by atoms with Crippen molar-refractivity contribution in [3.05, 3.63) is 29.1 Å². The summed E-state index contributed by atoms with van der Waals surface area (Å²) in [6.07, 6.45) is 3.00. The van der Waals surface area contributed by atoms with Gasteiger partial charge in [0.15, 0.2) is 11.5 Å². The summed E-state index contributed by atoms with van der Waals surface area (Å²) in [6.45, 7) is 3.85. The molecule has 0 bridgehead atoms. The maximum Gasteiger partial charge on any atom is 0.240 e. The van der Waals surface area contributed by atoms with Gasteiger partial charge in [-0.15, -0.1) is 11.8 Å². The Balaban J connectivity index is 1.17. The second-order valence-corrected chi connectivity index (χ2v) is 9.47. The molecule has 0 radical (unpaired) electrons. The molecule has 0 aliphatic carbocycles. The zero-order valence-electron chi connectivity index (χ0n) is 15.8. The van der Waals surface area contributed by atoms with E-state index in [-0.39, 0.29) is 11.9 Å². The smallest absolute Gasteiger partial charge is 0.240 e. The van der Waals surface area contributed by atoms with Crippen molar-refractivity contribution in [3.8, 4) is 0 Å². The van der Waals surface area contributed by atoms with Crippen LogP contribution >= 0.6 is 23.4 Å². The third-order valence-corrected chi connectivity index (χ3v) is 7.43. The van der Waals surface area contributed by atoms with Gasteiger partial charge in [-0.1, -0.05) is 11.6 Å². The van der Waals surface area contributed by atoms with E-state index < -0.39 is 0 Å². The monoisotopic (exact) mass is 420 g/mol. The highest BCUT2D eigenvalue weighted by atomic mass is 35.5. The number of amides is 1. The van der Waals surface area contributed by atoms with E-state index in [1.54, 1.807) is 0 Å². The van der Waals surface area contributed by atoms with Crippen LogP contribution in [0.1, 0.15) is 31.1 Å². The van der Waals surface area contributed by atoms with Gasteiger partial charge in [-0.2, -0.15) is 0 Å². The van der Waals surface area contributed by atoms with Gasteiger partial charge in [0.2, 0.25) is 5.91 Å². The molecule has 28 heavy (non-hydrogen) atoms. The normalized spacial score (nSPS) is 27.1. The van der Waals surface area contributed by atoms with E-state index in [1.165, 1.54) is 0 Å². The third kappa shape index (κ3) is 3.65. The number of aromatic nitrogens is 1. The Kier molecular flexibility index (Phi) is 5.26. The number of carbonyl (C=O) groups is 1. The maximum atomic E-state index is 12.6. The van der Waals surface area contributed by atoms with Crippen molar-refractivity contribution in [1.29, 1.82) is 0 Å². The minimum atomic E-state index is -0.0109. The Morgan fingerprint density at radius 2 is 2.14 bits per heavy atom. The molecule has 3 aliphatic heterocycles. The number of nitrogens with zero attached hydrogens (tertiary/aromatic N) is 3. The lowest BCUT2D eigenvalue weighted by molar-refractivity contribution is -0.131. The van der Waals surface area contributed by atoms with Gasteiger partial charge < -0.3 is 14.6 Å². The van der Waals surface area contributed by atoms with E-state index in [2.05, 4.69) is 15.2 Å². The van der Waals surface area contributed by atoms with E-state index in [0.29, 0.717) is 17.0 Å². The highest BCUT2D eigenvalue weighted by Gasteiger charge is 2.37. The summed E-state index contributed by atoms with van der Waals surface area (Å²) in [5, 5.41) is 4.15. The third-order valence-electron chi connectivity index (χ3n) is 6.23. The van der Waals surface area contributed by atoms with Crippen molar-refractivity contribution in [2.45, 2.75) is 37.3 Å². The highest BCUT2D eigenvalue weighted by Crippen LogP contribution is 2.32. The summed E-state index contributed by atoms with van der Waals surface area (Å²) in [4.78, 5) is 21.8. The number of thioether (sulfide) groups is 1. The number of oxazole rings is 1. The number of fused-ring (bicyclic) bond motifs is 1. The van der Waals surface area contributed by atoms with Gasteiger partial charge in [0, 0.05) is 35.8 Å². The Bertz CT molecular complexity index is 861. The first-order valence-electron chi connectivity index (χ1n) is 10.1. The lowest BCUT2D eigenvalue weighted by atomic mass is 9.95. The van der Waals surface area contributed by atoms with Crippen molar-refractivity contribution in [2.75, 3.05) is 37.8 Å². The first-order valence-corrected chi connectivity index (χ1v) is 11.6. The standard InChI is InChI=1S/C20H25ClN4O2S/c21-14-1-2-18-16(9-14)23-19(27-18)13-3-5-24(6-4-13)15-10-17(22-11-15)20(26)25-7-8-28-12-25/h1-2,9,13,15,17,22H,3-8,10-12H2/t15-,17-/m0/s1. The lowest BCUT2D eigenvalue weighted by Crippen LogP contribution is -2.42. The molecular weight excluding hydrogens is 396 g/mol. The minimum absolute atomic E-state index is 0.0109. The fourth-order valence-corrected chi connectivity index (χ4v) is 5.72. The fourth-order valence-electron chi connectivity index (χ4n) is 4.60. The van der Waals surface area contributed by atoms with Crippen molar-refractivity contribution in [1.82, 2.24) is 20.1 Å². The number of hydrogen-bond acceptors (Lipinski definition) is 6. The molecular formula is C20H25ClN4O2S. The van der Waals surface area contributed by atoms with Crippen molar-refractivity contribution in [2.24, 2.45) is 0 Å². The molecule has 1 aromatic heterocycles. The first-order chi connectivity index (χ1) is 13.7. The molecule has 0 unspecified atom stereocenters. The molecule has 2 aromatic rings. The predicted octanol–water partition coefficient (Wildman–Crippen LogP) is 2.92. The second-order valence-electron chi connectivity index (χ2n) is 7.96. The molecule has 2 atom stereocenters. The average molecular weight is 421 g/mol. The summed E-state index contributed by atoms with van der Waals surface area (Å²) in [6, 6.07) is 6.03. The number of rotatable bonds is 3. The summed E-state index contributed by atoms with van der Waals surface area (Å²) >= 11 is 7.90. The van der Waals surface area contributed by atoms with Gasteiger partial charge in [-0.25, -0.2) is 4.98 Å². The second kappa shape index (κ2) is 7.86. The number of piperidine rings is 1. The van der Waals surface area contributed by atoms with Crippen LogP contribution in [-0.4, -0.2) is 70.6 Å². The van der Waals surface area contributed by atoms with Crippen LogP contribution in [-0.2, 0) is 4.79 Å². The van der Waals surface area contributed by atoms with Crippen molar-refractivity contribution in [3.63, 3.8) is 0 Å². The number of hydrogen-bond donors (Lipinski definition) is 1. The van der Waals surface area contributed by atoms with Crippen molar-refractivity contribution >= 4 is 40.4 Å². The van der Waals surface area contributed by atoms with Crippen LogP contribution in [0.3, 0.4) is 0 Å². The molecule has 1 N–H and O–H groups in total. The van der Waals surface area contributed by atoms with E-state index in [0.717, 1.165) is 74.1 Å². The van der Waals surface area contributed by atoms with E-state index in [4.69, 9.17) is 16.0 Å². The van der Waals surface area contributed by atoms with Crippen LogP contribution < -0.4 is 5.32 Å². The molecule has 3 saturated heterocycles. The Morgan fingerprint density at radius 3 is 2.93 bits per heavy atom. The van der Waals surface area contributed by atoms with Gasteiger partial charge in [0.05, 0.1) is 11.9 Å². The van der Waals surface area contributed by atoms with Gasteiger partial charge in [-0.3, -0.25) is 9.69 Å². The van der Waals surface area contributed by atoms with E-state index in [1.807, 2.05) is 34.9 Å². The molecule has 6 nitrogen and oxygen atoms in total. The zero-order valence-corrected chi connectivity index (χ0v) is 17.3. The lowest BCUT2D eigenvalue weighted by Gasteiger charge is -2.34. The molecule has 1 amide bonds. The molecule has 8 heteroatoms. The first kappa shape index (κ1) is 18.7. The SMILES string of the molecule is O=C([C@@H]1C[C@H](N2CCC(c3nc4cc(Cl)ccc4o3)CC2)CN1)N1CCSC1. The fraction of sp³-hybridized carbons (Fsp3) is 0.600. The van der Waals surface area contributed by atoms with Crippen LogP contribution in [0.15, 0.2) is 22.6 Å². The average Bonchev–Trinajstić information content (AvgIpc) is 3.47. The Labute approximate surface area is 174 Å². The summed E-state index contributed by atoms with van der Waals surface area (Å²) in [7, 11) is 0. The van der Waals surface area contributed by atoms with Crippen LogP contribution in [0.25, 0.3) is 11.1 Å². The van der Waals surface area contributed by atoms with Gasteiger partial charge in [0.25, 0.3) is 0 Å². The number of halogens is 1. The molecule has 3 fully saturated rings. The minimum Gasteiger partial charge on any atom is -0.440 e. The highest BCUT2D eigenvalue weighted by molar-refractivity contribution is 7.99. The number of benzene rings is 1. The number of nitrogens with one attached hydrogen (secondary N) is 1.